The fourth-order valence-electron chi connectivity index (χ4n) is 3.14. The van der Waals surface area contributed by atoms with E-state index in [0.29, 0.717) is 5.41 Å². The van der Waals surface area contributed by atoms with Crippen molar-refractivity contribution in [3.63, 3.8) is 0 Å². The van der Waals surface area contributed by atoms with E-state index in [-0.39, 0.29) is 0 Å². The molecule has 0 heterocycles. The van der Waals surface area contributed by atoms with Gasteiger partial charge in [0, 0.05) is 6.04 Å². The zero-order valence-electron chi connectivity index (χ0n) is 11.2. The van der Waals surface area contributed by atoms with Crippen molar-refractivity contribution in [3.8, 4) is 0 Å². The Kier molecular flexibility index (Phi) is 4.29. The van der Waals surface area contributed by atoms with E-state index in [0.717, 1.165) is 12.0 Å². The highest BCUT2D eigenvalue weighted by Gasteiger charge is 2.24. The molecule has 0 aromatic rings. The standard InChI is InChI=1S/C15H29N/c1-15(2)10-4-7-14(8-11-15)16-12-9-13-5-3-6-13/h13-14,16H,3-12H2,1-2H3. The van der Waals surface area contributed by atoms with E-state index in [1.165, 1.54) is 64.3 Å². The van der Waals surface area contributed by atoms with Crippen molar-refractivity contribution in [2.24, 2.45) is 11.3 Å². The lowest BCUT2D eigenvalue weighted by molar-refractivity contribution is 0.281. The van der Waals surface area contributed by atoms with Crippen LogP contribution in [0.25, 0.3) is 0 Å². The van der Waals surface area contributed by atoms with E-state index in [9.17, 15) is 0 Å². The molecule has 0 aliphatic heterocycles. The molecular weight excluding hydrogens is 194 g/mol. The summed E-state index contributed by atoms with van der Waals surface area (Å²) >= 11 is 0. The van der Waals surface area contributed by atoms with E-state index < -0.39 is 0 Å². The second-order valence-electron chi connectivity index (χ2n) is 6.83. The molecular formula is C15H29N. The maximum absolute atomic E-state index is 3.80. The molecule has 0 bridgehead atoms. The van der Waals surface area contributed by atoms with Crippen molar-refractivity contribution >= 4 is 0 Å². The Labute approximate surface area is 101 Å². The minimum atomic E-state index is 0.602. The van der Waals surface area contributed by atoms with Crippen molar-refractivity contribution < 1.29 is 0 Å². The molecule has 0 radical (unpaired) electrons. The average Bonchev–Trinajstić information content (AvgIpc) is 2.32. The van der Waals surface area contributed by atoms with Gasteiger partial charge in [0.25, 0.3) is 0 Å². The molecule has 16 heavy (non-hydrogen) atoms. The summed E-state index contributed by atoms with van der Waals surface area (Å²) in [6.45, 7) is 6.14. The number of hydrogen-bond donors (Lipinski definition) is 1. The van der Waals surface area contributed by atoms with Gasteiger partial charge < -0.3 is 5.32 Å². The van der Waals surface area contributed by atoms with Crippen molar-refractivity contribution in [2.45, 2.75) is 77.7 Å². The van der Waals surface area contributed by atoms with Crippen LogP contribution in [-0.2, 0) is 0 Å². The van der Waals surface area contributed by atoms with E-state index in [1.807, 2.05) is 0 Å². The molecule has 1 heteroatoms. The van der Waals surface area contributed by atoms with Crippen LogP contribution in [-0.4, -0.2) is 12.6 Å². The Morgan fingerprint density at radius 1 is 1.00 bits per heavy atom. The van der Waals surface area contributed by atoms with Gasteiger partial charge in [-0.25, -0.2) is 0 Å². The van der Waals surface area contributed by atoms with Gasteiger partial charge in [-0.1, -0.05) is 39.5 Å². The van der Waals surface area contributed by atoms with E-state index in [2.05, 4.69) is 19.2 Å². The minimum Gasteiger partial charge on any atom is -0.314 e. The second kappa shape index (κ2) is 5.53. The van der Waals surface area contributed by atoms with Crippen molar-refractivity contribution in [2.75, 3.05) is 6.54 Å². The fraction of sp³-hybridized carbons (Fsp3) is 1.00. The molecule has 0 saturated heterocycles. The Balaban J connectivity index is 1.61. The van der Waals surface area contributed by atoms with Crippen LogP contribution < -0.4 is 5.32 Å². The Hall–Kier alpha value is -0.0400. The SMILES string of the molecule is CC1(C)CCCC(NCCC2CCC2)CC1. The topological polar surface area (TPSA) is 12.0 Å². The molecule has 2 fully saturated rings. The quantitative estimate of drug-likeness (QED) is 0.707. The largest absolute Gasteiger partial charge is 0.314 e. The molecule has 2 saturated carbocycles. The van der Waals surface area contributed by atoms with Crippen molar-refractivity contribution in [1.29, 1.82) is 0 Å². The van der Waals surface area contributed by atoms with Crippen LogP contribution in [0.5, 0.6) is 0 Å². The molecule has 0 amide bonds. The first kappa shape index (κ1) is 12.4. The summed E-state index contributed by atoms with van der Waals surface area (Å²) in [5.74, 6) is 1.06. The highest BCUT2D eigenvalue weighted by atomic mass is 14.9. The Bertz CT molecular complexity index is 205. The summed E-state index contributed by atoms with van der Waals surface area (Å²) in [7, 11) is 0. The van der Waals surface area contributed by atoms with Crippen LogP contribution in [0.4, 0.5) is 0 Å². The van der Waals surface area contributed by atoms with Gasteiger partial charge in [0.2, 0.25) is 0 Å². The van der Waals surface area contributed by atoms with Crippen LogP contribution in [0.2, 0.25) is 0 Å². The first-order valence-electron chi connectivity index (χ1n) is 7.39. The smallest absolute Gasteiger partial charge is 0.00672 e. The lowest BCUT2D eigenvalue weighted by Gasteiger charge is -2.26. The predicted octanol–water partition coefficient (Wildman–Crippen LogP) is 4.13. The summed E-state index contributed by atoms with van der Waals surface area (Å²) in [4.78, 5) is 0. The average molecular weight is 223 g/mol. The van der Waals surface area contributed by atoms with Gasteiger partial charge in [-0.05, 0) is 50.0 Å². The summed E-state index contributed by atoms with van der Waals surface area (Å²) in [5, 5.41) is 3.80. The monoisotopic (exact) mass is 223 g/mol. The molecule has 94 valence electrons. The fourth-order valence-corrected chi connectivity index (χ4v) is 3.14. The zero-order valence-corrected chi connectivity index (χ0v) is 11.2. The molecule has 1 atom stereocenters. The first-order chi connectivity index (χ1) is 7.66. The number of nitrogens with one attached hydrogen (secondary N) is 1. The highest BCUT2D eigenvalue weighted by molar-refractivity contribution is 4.80. The van der Waals surface area contributed by atoms with Crippen LogP contribution in [0.1, 0.15) is 71.6 Å². The van der Waals surface area contributed by atoms with Crippen LogP contribution in [0.3, 0.4) is 0 Å². The van der Waals surface area contributed by atoms with E-state index in [1.54, 1.807) is 0 Å². The number of rotatable bonds is 4. The van der Waals surface area contributed by atoms with Crippen LogP contribution in [0.15, 0.2) is 0 Å². The van der Waals surface area contributed by atoms with E-state index >= 15 is 0 Å². The van der Waals surface area contributed by atoms with Gasteiger partial charge in [-0.2, -0.15) is 0 Å². The van der Waals surface area contributed by atoms with E-state index in [4.69, 9.17) is 0 Å². The molecule has 0 spiro atoms. The summed E-state index contributed by atoms with van der Waals surface area (Å²) in [6.07, 6.45) is 13.0. The first-order valence-corrected chi connectivity index (χ1v) is 7.39. The van der Waals surface area contributed by atoms with Gasteiger partial charge in [-0.3, -0.25) is 0 Å². The number of hydrogen-bond acceptors (Lipinski definition) is 1. The molecule has 1 N–H and O–H groups in total. The maximum Gasteiger partial charge on any atom is 0.00672 e. The normalized spacial score (nSPS) is 30.8. The summed E-state index contributed by atoms with van der Waals surface area (Å²) in [6, 6.07) is 0.821. The Morgan fingerprint density at radius 3 is 2.50 bits per heavy atom. The molecule has 1 unspecified atom stereocenters. The third-order valence-electron chi connectivity index (χ3n) is 4.79. The van der Waals surface area contributed by atoms with Crippen molar-refractivity contribution in [1.82, 2.24) is 5.32 Å². The van der Waals surface area contributed by atoms with Gasteiger partial charge in [-0.15, -0.1) is 0 Å². The third kappa shape index (κ3) is 3.76. The molecule has 2 rings (SSSR count). The van der Waals surface area contributed by atoms with Gasteiger partial charge >= 0.3 is 0 Å². The lowest BCUT2D eigenvalue weighted by Crippen LogP contribution is -2.31. The molecule has 2 aliphatic rings. The summed E-state index contributed by atoms with van der Waals surface area (Å²) < 4.78 is 0. The van der Waals surface area contributed by atoms with Crippen LogP contribution in [0, 0.1) is 11.3 Å². The highest BCUT2D eigenvalue weighted by Crippen LogP contribution is 2.34. The van der Waals surface area contributed by atoms with Crippen molar-refractivity contribution in [3.05, 3.63) is 0 Å². The van der Waals surface area contributed by atoms with Gasteiger partial charge in [0.05, 0.1) is 0 Å². The second-order valence-corrected chi connectivity index (χ2v) is 6.83. The van der Waals surface area contributed by atoms with Gasteiger partial charge in [0.1, 0.15) is 0 Å². The lowest BCUT2D eigenvalue weighted by atomic mass is 9.83. The summed E-state index contributed by atoms with van der Waals surface area (Å²) in [5.41, 5.74) is 0.602. The van der Waals surface area contributed by atoms with Crippen LogP contribution >= 0.6 is 0 Å². The molecule has 0 aromatic heterocycles. The molecule has 2 aliphatic carbocycles. The molecule has 0 aromatic carbocycles. The Morgan fingerprint density at radius 2 is 1.81 bits per heavy atom. The minimum absolute atomic E-state index is 0.602. The zero-order chi connectivity index (χ0) is 11.4. The third-order valence-corrected chi connectivity index (χ3v) is 4.79. The maximum atomic E-state index is 3.80. The van der Waals surface area contributed by atoms with Gasteiger partial charge in [0.15, 0.2) is 0 Å². The molecule has 1 nitrogen and oxygen atoms in total. The predicted molar refractivity (Wildman–Crippen MR) is 70.6 cm³/mol.